The molecule has 0 saturated heterocycles. The van der Waals surface area contributed by atoms with Gasteiger partial charge in [-0.05, 0) is 110 Å². The Morgan fingerprint density at radius 1 is 0.769 bits per heavy atom. The molecule has 4 aliphatic rings. The Labute approximate surface area is 236 Å². The van der Waals surface area contributed by atoms with E-state index in [-0.39, 0.29) is 0 Å². The third-order valence-electron chi connectivity index (χ3n) is 12.9. The van der Waals surface area contributed by atoms with E-state index in [0.29, 0.717) is 10.8 Å². The van der Waals surface area contributed by atoms with Crippen LogP contribution in [-0.2, 0) is 6.42 Å². The summed E-state index contributed by atoms with van der Waals surface area (Å²) in [6, 6.07) is 19.2. The predicted molar refractivity (Wildman–Crippen MR) is 162 cm³/mol. The Morgan fingerprint density at radius 2 is 1.56 bits per heavy atom. The topological polar surface area (TPSA) is 25.8 Å². The van der Waals surface area contributed by atoms with Crippen LogP contribution in [0.1, 0.15) is 97.2 Å². The molecule has 4 saturated carbocycles. The Morgan fingerprint density at radius 3 is 2.44 bits per heavy atom. The molecule has 7 unspecified atom stereocenters. The molecule has 8 atom stereocenters. The van der Waals surface area contributed by atoms with E-state index in [9.17, 15) is 0 Å². The maximum Gasteiger partial charge on any atom is 0.129 e. The highest BCUT2D eigenvalue weighted by atomic mass is 14.9. The molecule has 4 fully saturated rings. The fourth-order valence-corrected chi connectivity index (χ4v) is 10.9. The van der Waals surface area contributed by atoms with Crippen molar-refractivity contribution in [2.45, 2.75) is 97.8 Å². The fourth-order valence-electron chi connectivity index (χ4n) is 10.9. The summed E-state index contributed by atoms with van der Waals surface area (Å²) in [6.07, 6.45) is 17.1. The monoisotopic (exact) mass is 520 g/mol. The maximum absolute atomic E-state index is 5.16. The number of aryl methyl sites for hydroxylation is 1. The van der Waals surface area contributed by atoms with Crippen molar-refractivity contribution in [2.75, 3.05) is 0 Å². The van der Waals surface area contributed by atoms with Gasteiger partial charge in [-0.3, -0.25) is 0 Å². The van der Waals surface area contributed by atoms with Gasteiger partial charge in [0.2, 0.25) is 0 Å². The van der Waals surface area contributed by atoms with E-state index in [2.05, 4.69) is 75.4 Å². The molecule has 0 radical (unpaired) electrons. The van der Waals surface area contributed by atoms with Gasteiger partial charge in [0.05, 0.1) is 11.2 Å². The highest BCUT2D eigenvalue weighted by Crippen LogP contribution is 2.68. The van der Waals surface area contributed by atoms with Crippen LogP contribution in [0, 0.1) is 46.3 Å². The Hall–Kier alpha value is -2.22. The first-order chi connectivity index (χ1) is 19.0. The lowest BCUT2D eigenvalue weighted by Crippen LogP contribution is -2.53. The van der Waals surface area contributed by atoms with Crippen molar-refractivity contribution in [2.24, 2.45) is 46.3 Å². The van der Waals surface area contributed by atoms with Crippen LogP contribution in [0.2, 0.25) is 0 Å². The van der Waals surface area contributed by atoms with Crippen LogP contribution in [0.4, 0.5) is 0 Å². The van der Waals surface area contributed by atoms with Crippen molar-refractivity contribution in [3.05, 3.63) is 60.4 Å². The molecule has 2 nitrogen and oxygen atoms in total. The average Bonchev–Trinajstić information content (AvgIpc) is 3.33. The number of hydrogen-bond donors (Lipinski definition) is 0. The molecule has 0 N–H and O–H groups in total. The predicted octanol–water partition coefficient (Wildman–Crippen LogP) is 9.91. The minimum Gasteiger partial charge on any atom is -0.233 e. The number of benzene rings is 2. The summed E-state index contributed by atoms with van der Waals surface area (Å²) >= 11 is 0. The third-order valence-corrected chi connectivity index (χ3v) is 12.9. The number of nitrogens with zero attached hydrogens (tertiary/aromatic N) is 2. The van der Waals surface area contributed by atoms with E-state index in [1.165, 1.54) is 76.2 Å². The van der Waals surface area contributed by atoms with Gasteiger partial charge in [0.25, 0.3) is 0 Å². The van der Waals surface area contributed by atoms with Crippen molar-refractivity contribution < 1.29 is 0 Å². The molecule has 1 aromatic heterocycles. The first-order valence-electron chi connectivity index (χ1n) is 16.3. The number of aromatic nitrogens is 2. The van der Waals surface area contributed by atoms with Crippen LogP contribution in [0.3, 0.4) is 0 Å². The zero-order chi connectivity index (χ0) is 26.6. The summed E-state index contributed by atoms with van der Waals surface area (Å²) in [6.45, 7) is 8.00. The normalized spacial score (nSPS) is 36.6. The molecule has 2 heteroatoms. The number of para-hydroxylation sites is 1. The van der Waals surface area contributed by atoms with Crippen molar-refractivity contribution >= 4 is 10.9 Å². The molecule has 0 aliphatic heterocycles. The van der Waals surface area contributed by atoms with E-state index >= 15 is 0 Å². The second-order valence-corrected chi connectivity index (χ2v) is 14.5. The third kappa shape index (κ3) is 4.27. The van der Waals surface area contributed by atoms with Gasteiger partial charge in [-0.2, -0.15) is 0 Å². The first kappa shape index (κ1) is 25.7. The Balaban J connectivity index is 1.09. The summed E-state index contributed by atoms with van der Waals surface area (Å²) in [4.78, 5) is 10.2. The van der Waals surface area contributed by atoms with E-state index in [4.69, 9.17) is 9.97 Å². The van der Waals surface area contributed by atoms with Gasteiger partial charge in [0.15, 0.2) is 0 Å². The summed E-state index contributed by atoms with van der Waals surface area (Å²) < 4.78 is 0. The van der Waals surface area contributed by atoms with E-state index in [0.717, 1.165) is 64.3 Å². The van der Waals surface area contributed by atoms with Gasteiger partial charge in [0, 0.05) is 17.4 Å². The van der Waals surface area contributed by atoms with Crippen molar-refractivity contribution in [1.82, 2.24) is 9.97 Å². The Kier molecular flexibility index (Phi) is 6.60. The molecule has 4 aliphatic carbocycles. The van der Waals surface area contributed by atoms with Gasteiger partial charge in [-0.25, -0.2) is 9.97 Å². The molecule has 7 rings (SSSR count). The van der Waals surface area contributed by atoms with Crippen molar-refractivity contribution in [1.29, 1.82) is 0 Å². The largest absolute Gasteiger partial charge is 0.233 e. The van der Waals surface area contributed by atoms with Crippen LogP contribution >= 0.6 is 0 Å². The van der Waals surface area contributed by atoms with Crippen LogP contribution in [-0.4, -0.2) is 9.97 Å². The average molecular weight is 521 g/mol. The molecular formula is C37H48N2. The summed E-state index contributed by atoms with van der Waals surface area (Å²) in [7, 11) is 0. The van der Waals surface area contributed by atoms with E-state index in [1.54, 1.807) is 0 Å². The molecule has 0 amide bonds. The standard InChI is InChI=1S/C37H48N2/c1-25(16-21-34-38-33-15-8-7-14-29(33)35(39-34)26-11-5-4-6-12-26)30-19-20-31-28-18-17-27-13-9-10-23-36(27,2)32(28)22-24-37(30,31)3/h4-8,11-12,14-15,25,27-28,30-32H,9-10,13,16-24H2,1-3H3/t25-,27?,28?,30?,31?,32?,36?,37?/m1/s1. The van der Waals surface area contributed by atoms with Crippen LogP contribution in [0.25, 0.3) is 22.2 Å². The number of hydrogen-bond acceptors (Lipinski definition) is 2. The van der Waals surface area contributed by atoms with Crippen LogP contribution < -0.4 is 0 Å². The molecule has 39 heavy (non-hydrogen) atoms. The minimum atomic E-state index is 0.540. The SMILES string of the molecule is C[C@H](CCc1nc(-c2ccccc2)c2ccccc2n1)C1CCC2C3CCC4CCCCC4(C)C3CCC21C. The zero-order valence-electron chi connectivity index (χ0n) is 24.5. The second-order valence-electron chi connectivity index (χ2n) is 14.5. The minimum absolute atomic E-state index is 0.540. The molecule has 1 heterocycles. The molecule has 2 aromatic carbocycles. The lowest BCUT2D eigenvalue weighted by Gasteiger charge is -2.61. The van der Waals surface area contributed by atoms with Crippen molar-refractivity contribution in [3.63, 3.8) is 0 Å². The molecule has 0 spiro atoms. The molecule has 206 valence electrons. The lowest BCUT2D eigenvalue weighted by atomic mass is 9.44. The van der Waals surface area contributed by atoms with Gasteiger partial charge >= 0.3 is 0 Å². The van der Waals surface area contributed by atoms with Gasteiger partial charge in [-0.1, -0.05) is 82.1 Å². The van der Waals surface area contributed by atoms with Crippen LogP contribution in [0.5, 0.6) is 0 Å². The molecular weight excluding hydrogens is 472 g/mol. The van der Waals surface area contributed by atoms with Crippen molar-refractivity contribution in [3.8, 4) is 11.3 Å². The van der Waals surface area contributed by atoms with E-state index < -0.39 is 0 Å². The lowest BCUT2D eigenvalue weighted by molar-refractivity contribution is -0.114. The highest BCUT2D eigenvalue weighted by Gasteiger charge is 2.60. The second kappa shape index (κ2) is 10.0. The number of rotatable bonds is 5. The maximum atomic E-state index is 5.16. The summed E-state index contributed by atoms with van der Waals surface area (Å²) in [5, 5.41) is 1.16. The van der Waals surface area contributed by atoms with Gasteiger partial charge in [0.1, 0.15) is 5.82 Å². The molecule has 0 bridgehead atoms. The smallest absolute Gasteiger partial charge is 0.129 e. The van der Waals surface area contributed by atoms with Crippen LogP contribution in [0.15, 0.2) is 54.6 Å². The van der Waals surface area contributed by atoms with E-state index in [1.807, 2.05) is 0 Å². The Bertz CT molecular complexity index is 1320. The fraction of sp³-hybridized carbons (Fsp3) is 0.622. The zero-order valence-corrected chi connectivity index (χ0v) is 24.5. The van der Waals surface area contributed by atoms with Gasteiger partial charge in [-0.15, -0.1) is 0 Å². The number of fused-ring (bicyclic) bond motifs is 6. The molecule has 3 aromatic rings. The first-order valence-corrected chi connectivity index (χ1v) is 16.3. The summed E-state index contributed by atoms with van der Waals surface area (Å²) in [5.74, 6) is 6.60. The summed E-state index contributed by atoms with van der Waals surface area (Å²) in [5.41, 5.74) is 4.54. The van der Waals surface area contributed by atoms with Gasteiger partial charge < -0.3 is 0 Å². The highest BCUT2D eigenvalue weighted by molar-refractivity contribution is 5.92. The quantitative estimate of drug-likeness (QED) is 0.334.